The zero-order valence-corrected chi connectivity index (χ0v) is 6.67. The van der Waals surface area contributed by atoms with Crippen LogP contribution < -0.4 is 0 Å². The largest absolute Gasteiger partial charge is 0.305 e. The molecule has 0 aromatic carbocycles. The predicted octanol–water partition coefficient (Wildman–Crippen LogP) is 1.83. The van der Waals surface area contributed by atoms with Gasteiger partial charge in [-0.3, -0.25) is 4.57 Å². The fourth-order valence-corrected chi connectivity index (χ4v) is 2.10. The highest BCUT2D eigenvalue weighted by atomic mass is 31.2. The number of rotatable bonds is 1. The second-order valence-electron chi connectivity index (χ2n) is 2.08. The second kappa shape index (κ2) is 2.62. The summed E-state index contributed by atoms with van der Waals surface area (Å²) in [5, 5.41) is 0. The van der Waals surface area contributed by atoms with Crippen LogP contribution in [-0.4, -0.2) is 12.3 Å². The van der Waals surface area contributed by atoms with E-state index in [4.69, 9.17) is 10.9 Å². The van der Waals surface area contributed by atoms with E-state index in [-0.39, 0.29) is 6.10 Å². The first-order valence-electron chi connectivity index (χ1n) is 3.13. The Labute approximate surface area is 60.7 Å². The normalized spacial score (nSPS) is 37.8. The molecule has 3 heteroatoms. The van der Waals surface area contributed by atoms with Gasteiger partial charge in [-0.2, -0.15) is 0 Å². The maximum Gasteiger partial charge on any atom is 0.226 e. The Kier molecular flexibility index (Phi) is 1.99. The van der Waals surface area contributed by atoms with Crippen LogP contribution in [0.5, 0.6) is 0 Å². The quantitative estimate of drug-likeness (QED) is 0.427. The minimum absolute atomic E-state index is 0.370. The fraction of sp³-hybridized carbons (Fsp3) is 0.429. The molecular formula is C7H9O2P. The summed E-state index contributed by atoms with van der Waals surface area (Å²) in [5.74, 6) is 3.97. The molecule has 0 saturated heterocycles. The molecule has 10 heavy (non-hydrogen) atoms. The summed E-state index contributed by atoms with van der Waals surface area (Å²) in [7, 11) is -2.45. The Morgan fingerprint density at radius 2 is 2.60 bits per heavy atom. The minimum Gasteiger partial charge on any atom is -0.305 e. The van der Waals surface area contributed by atoms with Crippen molar-refractivity contribution >= 4 is 7.37 Å². The van der Waals surface area contributed by atoms with E-state index in [1.165, 1.54) is 0 Å². The van der Waals surface area contributed by atoms with Gasteiger partial charge in [0.2, 0.25) is 7.37 Å². The zero-order valence-electron chi connectivity index (χ0n) is 5.78. The van der Waals surface area contributed by atoms with Crippen LogP contribution in [0.2, 0.25) is 0 Å². The average molecular weight is 156 g/mol. The van der Waals surface area contributed by atoms with Gasteiger partial charge in [-0.05, 0) is 6.08 Å². The molecule has 1 rings (SSSR count). The molecule has 0 saturated carbocycles. The molecule has 1 aliphatic heterocycles. The summed E-state index contributed by atoms with van der Waals surface area (Å²) < 4.78 is 16.4. The van der Waals surface area contributed by atoms with Gasteiger partial charge in [-0.1, -0.05) is 12.8 Å². The molecule has 0 aliphatic carbocycles. The van der Waals surface area contributed by atoms with Crippen LogP contribution in [0, 0.1) is 12.3 Å². The van der Waals surface area contributed by atoms with E-state index in [1.54, 1.807) is 11.9 Å². The first-order chi connectivity index (χ1) is 4.70. The highest BCUT2D eigenvalue weighted by Gasteiger charge is 2.25. The second-order valence-corrected chi connectivity index (χ2v) is 4.67. The Hall–Kier alpha value is -0.510. The molecule has 0 radical (unpaired) electrons. The van der Waals surface area contributed by atoms with Gasteiger partial charge in [-0.25, -0.2) is 0 Å². The Bertz CT molecular complexity index is 236. The first-order valence-corrected chi connectivity index (χ1v) is 5.01. The smallest absolute Gasteiger partial charge is 0.226 e. The standard InChI is InChI=1S/C7H9O2P/c1-3-7-5-6-10(8,4-2)9-7/h1,5-7H,4H2,2H3. The molecule has 0 aromatic heterocycles. The Balaban J connectivity index is 2.71. The highest BCUT2D eigenvalue weighted by Crippen LogP contribution is 2.53. The van der Waals surface area contributed by atoms with Gasteiger partial charge in [-0.15, -0.1) is 6.42 Å². The molecule has 0 spiro atoms. The maximum atomic E-state index is 11.3. The summed E-state index contributed by atoms with van der Waals surface area (Å²) in [6.45, 7) is 1.82. The molecule has 54 valence electrons. The van der Waals surface area contributed by atoms with Crippen molar-refractivity contribution in [2.45, 2.75) is 13.0 Å². The fourth-order valence-electron chi connectivity index (χ4n) is 0.738. The maximum absolute atomic E-state index is 11.3. The van der Waals surface area contributed by atoms with E-state index < -0.39 is 7.37 Å². The van der Waals surface area contributed by atoms with Crippen LogP contribution in [0.15, 0.2) is 11.9 Å². The molecule has 2 nitrogen and oxygen atoms in total. The first kappa shape index (κ1) is 7.60. The Morgan fingerprint density at radius 1 is 1.90 bits per heavy atom. The van der Waals surface area contributed by atoms with Gasteiger partial charge in [0, 0.05) is 12.0 Å². The summed E-state index contributed by atoms with van der Waals surface area (Å²) in [6.07, 6.45) is 6.89. The molecule has 0 fully saturated rings. The lowest BCUT2D eigenvalue weighted by atomic mass is 10.4. The van der Waals surface area contributed by atoms with Crippen molar-refractivity contribution in [3.63, 3.8) is 0 Å². The number of hydrogen-bond acceptors (Lipinski definition) is 2. The van der Waals surface area contributed by atoms with Crippen molar-refractivity contribution in [1.29, 1.82) is 0 Å². The number of terminal acetylenes is 1. The number of hydrogen-bond donors (Lipinski definition) is 0. The van der Waals surface area contributed by atoms with Crippen LogP contribution >= 0.6 is 7.37 Å². The van der Waals surface area contributed by atoms with Crippen LogP contribution in [0.3, 0.4) is 0 Å². The van der Waals surface area contributed by atoms with E-state index in [0.717, 1.165) is 0 Å². The van der Waals surface area contributed by atoms with Gasteiger partial charge in [0.15, 0.2) is 0 Å². The molecule has 0 amide bonds. The third-order valence-corrected chi connectivity index (χ3v) is 3.48. The minimum atomic E-state index is -2.45. The molecular weight excluding hydrogens is 147 g/mol. The third kappa shape index (κ3) is 1.31. The molecule has 2 atom stereocenters. The monoisotopic (exact) mass is 156 g/mol. The lowest BCUT2D eigenvalue weighted by Crippen LogP contribution is -1.97. The lowest BCUT2D eigenvalue weighted by Gasteiger charge is -2.06. The van der Waals surface area contributed by atoms with Crippen LogP contribution in [-0.2, 0) is 9.09 Å². The SMILES string of the molecule is C#CC1C=CP(=O)(CC)O1. The van der Waals surface area contributed by atoms with Gasteiger partial charge in [0.05, 0.1) is 0 Å². The molecule has 0 N–H and O–H groups in total. The van der Waals surface area contributed by atoms with E-state index in [2.05, 4.69) is 5.92 Å². The van der Waals surface area contributed by atoms with Gasteiger partial charge in [0.25, 0.3) is 0 Å². The van der Waals surface area contributed by atoms with Crippen LogP contribution in [0.1, 0.15) is 6.92 Å². The van der Waals surface area contributed by atoms with Gasteiger partial charge < -0.3 is 4.52 Å². The molecule has 0 aromatic rings. The molecule has 0 bridgehead atoms. The zero-order chi connectivity index (χ0) is 7.61. The van der Waals surface area contributed by atoms with Crippen molar-refractivity contribution in [1.82, 2.24) is 0 Å². The topological polar surface area (TPSA) is 26.3 Å². The third-order valence-electron chi connectivity index (χ3n) is 1.39. The van der Waals surface area contributed by atoms with Crippen molar-refractivity contribution in [3.8, 4) is 12.3 Å². The van der Waals surface area contributed by atoms with E-state index in [1.807, 2.05) is 6.92 Å². The summed E-state index contributed by atoms with van der Waals surface area (Å²) in [4.78, 5) is 0. The van der Waals surface area contributed by atoms with E-state index in [0.29, 0.717) is 6.16 Å². The van der Waals surface area contributed by atoms with Crippen LogP contribution in [0.4, 0.5) is 0 Å². The van der Waals surface area contributed by atoms with Crippen molar-refractivity contribution in [2.24, 2.45) is 0 Å². The lowest BCUT2D eigenvalue weighted by molar-refractivity contribution is 0.320. The summed E-state index contributed by atoms with van der Waals surface area (Å²) in [6, 6.07) is 0. The molecule has 1 aliphatic rings. The van der Waals surface area contributed by atoms with Crippen molar-refractivity contribution in [3.05, 3.63) is 11.9 Å². The van der Waals surface area contributed by atoms with Gasteiger partial charge in [0.1, 0.15) is 6.10 Å². The van der Waals surface area contributed by atoms with Crippen molar-refractivity contribution < 1.29 is 9.09 Å². The average Bonchev–Trinajstić information content (AvgIpc) is 2.33. The summed E-state index contributed by atoms with van der Waals surface area (Å²) in [5.41, 5.74) is 0. The van der Waals surface area contributed by atoms with E-state index >= 15 is 0 Å². The highest BCUT2D eigenvalue weighted by molar-refractivity contribution is 7.62. The van der Waals surface area contributed by atoms with Crippen LogP contribution in [0.25, 0.3) is 0 Å². The Morgan fingerprint density at radius 3 is 2.90 bits per heavy atom. The molecule has 1 heterocycles. The van der Waals surface area contributed by atoms with E-state index in [9.17, 15) is 4.57 Å². The van der Waals surface area contributed by atoms with Gasteiger partial charge >= 0.3 is 0 Å². The molecule has 2 unspecified atom stereocenters. The predicted molar refractivity (Wildman–Crippen MR) is 41.0 cm³/mol. The van der Waals surface area contributed by atoms with Crippen molar-refractivity contribution in [2.75, 3.05) is 6.16 Å². The summed E-state index contributed by atoms with van der Waals surface area (Å²) >= 11 is 0.